The Morgan fingerprint density at radius 2 is 1.92 bits per heavy atom. The fraction of sp³-hybridized carbons (Fsp3) is 0.889. The van der Waals surface area contributed by atoms with Crippen LogP contribution in [0.5, 0.6) is 0 Å². The Labute approximate surface area is 74.5 Å². The molecule has 3 heteroatoms. The number of likely N-dealkylation sites (N-methyl/N-ethyl adjacent to an activating group) is 2. The Kier molecular flexibility index (Phi) is 2.85. The van der Waals surface area contributed by atoms with Gasteiger partial charge < -0.3 is 0 Å². The first-order valence-electron chi connectivity index (χ1n) is 4.66. The summed E-state index contributed by atoms with van der Waals surface area (Å²) in [5.41, 5.74) is 0. The molecule has 0 aromatic heterocycles. The van der Waals surface area contributed by atoms with Crippen LogP contribution in [-0.4, -0.2) is 55.1 Å². The molecule has 0 unspecified atom stereocenters. The molecule has 1 aliphatic rings. The Bertz CT molecular complexity index is 171. The van der Waals surface area contributed by atoms with E-state index in [2.05, 4.69) is 18.9 Å². The second kappa shape index (κ2) is 3.54. The van der Waals surface area contributed by atoms with E-state index >= 15 is 0 Å². The monoisotopic (exact) mass is 171 g/mol. The van der Waals surface area contributed by atoms with Gasteiger partial charge in [-0.3, -0.25) is 9.38 Å². The van der Waals surface area contributed by atoms with E-state index < -0.39 is 0 Å². The summed E-state index contributed by atoms with van der Waals surface area (Å²) in [6.45, 7) is 8.84. The molecule has 0 saturated carbocycles. The van der Waals surface area contributed by atoms with Gasteiger partial charge in [-0.25, -0.2) is 4.79 Å². The number of amides is 1. The highest BCUT2D eigenvalue weighted by Crippen LogP contribution is 2.12. The summed E-state index contributed by atoms with van der Waals surface area (Å²) >= 11 is 0. The van der Waals surface area contributed by atoms with E-state index in [9.17, 15) is 4.79 Å². The van der Waals surface area contributed by atoms with Crippen LogP contribution in [0.1, 0.15) is 13.8 Å². The minimum Gasteiger partial charge on any atom is -0.295 e. The van der Waals surface area contributed by atoms with Crippen molar-refractivity contribution in [3.8, 4) is 0 Å². The predicted molar refractivity (Wildman–Crippen MR) is 48.7 cm³/mol. The van der Waals surface area contributed by atoms with E-state index in [1.54, 1.807) is 6.92 Å². The fourth-order valence-electron chi connectivity index (χ4n) is 1.80. The van der Waals surface area contributed by atoms with Gasteiger partial charge in [-0.15, -0.1) is 0 Å². The summed E-state index contributed by atoms with van der Waals surface area (Å²) in [4.78, 5) is 13.7. The smallest absolute Gasteiger partial charge is 0.295 e. The summed E-state index contributed by atoms with van der Waals surface area (Å²) in [5.74, 6) is 0.325. The van der Waals surface area contributed by atoms with E-state index in [1.165, 1.54) is 0 Å². The van der Waals surface area contributed by atoms with Crippen molar-refractivity contribution in [3.63, 3.8) is 0 Å². The molecular formula is C9H19N2O+. The summed E-state index contributed by atoms with van der Waals surface area (Å²) in [7, 11) is 2.11. The van der Waals surface area contributed by atoms with Crippen LogP contribution in [0.4, 0.5) is 0 Å². The Hall–Kier alpha value is -0.410. The molecule has 0 radical (unpaired) electrons. The number of carbonyl (C=O) groups excluding carboxylic acids is 1. The molecule has 12 heavy (non-hydrogen) atoms. The highest BCUT2D eigenvalue weighted by Gasteiger charge is 2.34. The van der Waals surface area contributed by atoms with Crippen LogP contribution < -0.4 is 0 Å². The predicted octanol–water partition coefficient (Wildman–Crippen LogP) is 0.315. The summed E-state index contributed by atoms with van der Waals surface area (Å²) in [6, 6.07) is 0. The van der Waals surface area contributed by atoms with E-state index in [0.717, 1.165) is 32.7 Å². The van der Waals surface area contributed by atoms with Crippen LogP contribution in [0, 0.1) is 0 Å². The first kappa shape index (κ1) is 9.68. The number of rotatable bonds is 1. The van der Waals surface area contributed by atoms with E-state index in [0.29, 0.717) is 10.4 Å². The summed E-state index contributed by atoms with van der Waals surface area (Å²) < 4.78 is 0.685. The molecule has 1 heterocycles. The van der Waals surface area contributed by atoms with Gasteiger partial charge in [0, 0.05) is 13.1 Å². The number of nitrogens with zero attached hydrogens (tertiary/aromatic N) is 2. The highest BCUT2D eigenvalue weighted by molar-refractivity contribution is 5.65. The highest BCUT2D eigenvalue weighted by atomic mass is 16.2. The zero-order chi connectivity index (χ0) is 9.19. The number of quaternary nitrogens is 1. The first-order valence-corrected chi connectivity index (χ1v) is 4.66. The summed E-state index contributed by atoms with van der Waals surface area (Å²) in [6.07, 6.45) is 0. The third-order valence-corrected chi connectivity index (χ3v) is 3.09. The Morgan fingerprint density at radius 1 is 1.42 bits per heavy atom. The van der Waals surface area contributed by atoms with Crippen molar-refractivity contribution in [2.75, 3.05) is 39.8 Å². The molecule has 0 aromatic carbocycles. The normalized spacial score (nSPS) is 23.9. The van der Waals surface area contributed by atoms with Gasteiger partial charge in [0.1, 0.15) is 0 Å². The molecule has 1 fully saturated rings. The second-order valence-electron chi connectivity index (χ2n) is 3.73. The molecule has 3 nitrogen and oxygen atoms in total. The molecule has 1 saturated heterocycles. The molecule has 0 bridgehead atoms. The van der Waals surface area contributed by atoms with Gasteiger partial charge in [0.15, 0.2) is 0 Å². The number of carbonyl (C=O) groups is 1. The second-order valence-corrected chi connectivity index (χ2v) is 3.73. The minimum absolute atomic E-state index is 0.325. The lowest BCUT2D eigenvalue weighted by atomic mass is 10.2. The van der Waals surface area contributed by atoms with Crippen molar-refractivity contribution in [3.05, 3.63) is 0 Å². The third-order valence-electron chi connectivity index (χ3n) is 3.09. The van der Waals surface area contributed by atoms with Crippen molar-refractivity contribution in [1.82, 2.24) is 4.90 Å². The van der Waals surface area contributed by atoms with Gasteiger partial charge in [-0.1, -0.05) is 0 Å². The average Bonchev–Trinajstić information content (AvgIpc) is 2.06. The van der Waals surface area contributed by atoms with Gasteiger partial charge in [0.2, 0.25) is 0 Å². The molecule has 0 N–H and O–H groups in total. The molecule has 1 rings (SSSR count). The lowest BCUT2D eigenvalue weighted by molar-refractivity contribution is -0.856. The Morgan fingerprint density at radius 3 is 2.25 bits per heavy atom. The van der Waals surface area contributed by atoms with Gasteiger partial charge in [-0.2, -0.15) is 0 Å². The fourth-order valence-corrected chi connectivity index (χ4v) is 1.80. The lowest BCUT2D eigenvalue weighted by Crippen LogP contribution is -2.61. The first-order chi connectivity index (χ1) is 5.60. The maximum absolute atomic E-state index is 11.4. The molecular weight excluding hydrogens is 152 g/mol. The SMILES string of the molecule is CC[N+]1(C(C)=O)CCN(C)CC1. The van der Waals surface area contributed by atoms with Crippen LogP contribution in [0.15, 0.2) is 0 Å². The lowest BCUT2D eigenvalue weighted by Gasteiger charge is -2.40. The van der Waals surface area contributed by atoms with Gasteiger partial charge in [0.05, 0.1) is 26.6 Å². The van der Waals surface area contributed by atoms with Crippen molar-refractivity contribution in [1.29, 1.82) is 0 Å². The zero-order valence-corrected chi connectivity index (χ0v) is 8.34. The van der Waals surface area contributed by atoms with Crippen molar-refractivity contribution in [2.45, 2.75) is 13.8 Å². The molecule has 1 aliphatic heterocycles. The van der Waals surface area contributed by atoms with Crippen molar-refractivity contribution >= 4 is 5.91 Å². The quantitative estimate of drug-likeness (QED) is 0.529. The van der Waals surface area contributed by atoms with Gasteiger partial charge in [-0.05, 0) is 14.0 Å². The van der Waals surface area contributed by atoms with Crippen LogP contribution in [0.25, 0.3) is 0 Å². The van der Waals surface area contributed by atoms with E-state index in [1.807, 2.05) is 0 Å². The van der Waals surface area contributed by atoms with Crippen LogP contribution in [0.2, 0.25) is 0 Å². The molecule has 0 aromatic rings. The van der Waals surface area contributed by atoms with Crippen LogP contribution >= 0.6 is 0 Å². The van der Waals surface area contributed by atoms with Crippen LogP contribution in [-0.2, 0) is 4.79 Å². The topological polar surface area (TPSA) is 20.3 Å². The minimum atomic E-state index is 0.325. The standard InChI is InChI=1S/C9H19N2O/c1-4-11(9(2)12)7-5-10(3)6-8-11/h4-8H2,1-3H3/q+1. The van der Waals surface area contributed by atoms with Crippen molar-refractivity contribution < 1.29 is 9.28 Å². The van der Waals surface area contributed by atoms with Crippen molar-refractivity contribution in [2.24, 2.45) is 0 Å². The molecule has 0 aliphatic carbocycles. The van der Waals surface area contributed by atoms with Gasteiger partial charge >= 0.3 is 5.91 Å². The number of hydrogen-bond donors (Lipinski definition) is 0. The zero-order valence-electron chi connectivity index (χ0n) is 8.34. The molecule has 0 atom stereocenters. The van der Waals surface area contributed by atoms with Crippen LogP contribution in [0.3, 0.4) is 0 Å². The average molecular weight is 171 g/mol. The van der Waals surface area contributed by atoms with Gasteiger partial charge in [0.25, 0.3) is 0 Å². The number of piperazine rings is 1. The van der Waals surface area contributed by atoms with E-state index in [-0.39, 0.29) is 0 Å². The van der Waals surface area contributed by atoms with E-state index in [4.69, 9.17) is 0 Å². The third kappa shape index (κ3) is 1.67. The molecule has 70 valence electrons. The summed E-state index contributed by atoms with van der Waals surface area (Å²) in [5, 5.41) is 0. The maximum atomic E-state index is 11.4. The number of hydrogen-bond acceptors (Lipinski definition) is 2. The molecule has 0 spiro atoms. The molecule has 1 amide bonds. The largest absolute Gasteiger partial charge is 0.310 e. The maximum Gasteiger partial charge on any atom is 0.310 e. The Balaban J connectivity index is 2.63.